The van der Waals surface area contributed by atoms with E-state index in [9.17, 15) is 0 Å². The quantitative estimate of drug-likeness (QED) is 0.290. The van der Waals surface area contributed by atoms with Crippen LogP contribution in [-0.4, -0.2) is 25.6 Å². The molecule has 72 valence electrons. The van der Waals surface area contributed by atoms with Crippen LogP contribution in [-0.2, 0) is 0 Å². The third-order valence-electron chi connectivity index (χ3n) is 1.96. The Hall–Kier alpha value is -2.11. The molecule has 0 bridgehead atoms. The highest BCUT2D eigenvalue weighted by molar-refractivity contribution is 5.96. The summed E-state index contributed by atoms with van der Waals surface area (Å²) in [5.41, 5.74) is 6.76. The highest BCUT2D eigenvalue weighted by atomic mass is 16.4. The van der Waals surface area contributed by atoms with Crippen LogP contribution in [0.1, 0.15) is 11.5 Å². The summed E-state index contributed by atoms with van der Waals surface area (Å²) < 4.78 is 1.72. The molecule has 2 aromatic rings. The van der Waals surface area contributed by atoms with Crippen molar-refractivity contribution in [2.75, 3.05) is 0 Å². The van der Waals surface area contributed by atoms with E-state index >= 15 is 0 Å². The Bertz CT molecular complexity index is 501. The Morgan fingerprint density at radius 3 is 3.00 bits per heavy atom. The molecule has 2 heterocycles. The molecular weight excluding hydrogens is 182 g/mol. The summed E-state index contributed by atoms with van der Waals surface area (Å²) in [5, 5.41) is 19.3. The average Bonchev–Trinajstić information content (AvgIpc) is 2.59. The first-order valence-corrected chi connectivity index (χ1v) is 4.02. The molecule has 0 atom stereocenters. The van der Waals surface area contributed by atoms with Crippen molar-refractivity contribution in [1.82, 2.24) is 14.6 Å². The molecule has 0 amide bonds. The van der Waals surface area contributed by atoms with Gasteiger partial charge in [-0.25, -0.2) is 0 Å². The number of nitrogens with two attached hydrogens (primary N) is 1. The van der Waals surface area contributed by atoms with Gasteiger partial charge in [-0.2, -0.15) is 0 Å². The second kappa shape index (κ2) is 2.99. The Balaban J connectivity index is 2.82. The number of pyridine rings is 1. The number of amidine groups is 1. The minimum Gasteiger partial charge on any atom is -0.409 e. The topological polar surface area (TPSA) is 88.8 Å². The maximum atomic E-state index is 8.58. The largest absolute Gasteiger partial charge is 0.409 e. The van der Waals surface area contributed by atoms with Gasteiger partial charge in [0.2, 0.25) is 0 Å². The molecule has 14 heavy (non-hydrogen) atoms. The van der Waals surface area contributed by atoms with E-state index < -0.39 is 0 Å². The zero-order valence-electron chi connectivity index (χ0n) is 7.55. The van der Waals surface area contributed by atoms with Crippen LogP contribution in [0, 0.1) is 6.92 Å². The van der Waals surface area contributed by atoms with Gasteiger partial charge in [0.25, 0.3) is 0 Å². The first-order chi connectivity index (χ1) is 6.74. The summed E-state index contributed by atoms with van der Waals surface area (Å²) in [6.07, 6.45) is 0. The molecule has 0 fully saturated rings. The van der Waals surface area contributed by atoms with E-state index in [-0.39, 0.29) is 5.84 Å². The Labute approximate surface area is 79.7 Å². The van der Waals surface area contributed by atoms with Gasteiger partial charge in [0, 0.05) is 0 Å². The summed E-state index contributed by atoms with van der Waals surface area (Å²) in [6, 6.07) is 5.31. The SMILES string of the molecule is Cc1nnc2cccc(/C(N)=N\O)n12. The molecule has 3 N–H and O–H groups in total. The van der Waals surface area contributed by atoms with Gasteiger partial charge in [0.1, 0.15) is 5.82 Å². The van der Waals surface area contributed by atoms with Crippen LogP contribution in [0.5, 0.6) is 0 Å². The van der Waals surface area contributed by atoms with Crippen molar-refractivity contribution in [3.63, 3.8) is 0 Å². The van der Waals surface area contributed by atoms with Crippen LogP contribution in [0.25, 0.3) is 5.65 Å². The molecule has 0 radical (unpaired) electrons. The number of aromatic nitrogens is 3. The Morgan fingerprint density at radius 1 is 1.50 bits per heavy atom. The molecule has 0 saturated heterocycles. The van der Waals surface area contributed by atoms with Gasteiger partial charge in [0.05, 0.1) is 5.69 Å². The average molecular weight is 191 g/mol. The number of oxime groups is 1. The van der Waals surface area contributed by atoms with Crippen LogP contribution in [0.3, 0.4) is 0 Å². The molecule has 2 aromatic heterocycles. The van der Waals surface area contributed by atoms with E-state index in [4.69, 9.17) is 10.9 Å². The van der Waals surface area contributed by atoms with Gasteiger partial charge in [-0.05, 0) is 19.1 Å². The van der Waals surface area contributed by atoms with Crippen LogP contribution in [0.4, 0.5) is 0 Å². The molecule has 0 unspecified atom stereocenters. The number of rotatable bonds is 1. The lowest BCUT2D eigenvalue weighted by Crippen LogP contribution is -2.17. The van der Waals surface area contributed by atoms with Crippen molar-refractivity contribution in [3.8, 4) is 0 Å². The van der Waals surface area contributed by atoms with Crippen molar-refractivity contribution < 1.29 is 5.21 Å². The highest BCUT2D eigenvalue weighted by Gasteiger charge is 2.08. The second-order valence-electron chi connectivity index (χ2n) is 2.84. The zero-order valence-corrected chi connectivity index (χ0v) is 7.55. The van der Waals surface area contributed by atoms with Crippen LogP contribution in [0.2, 0.25) is 0 Å². The van der Waals surface area contributed by atoms with Crippen molar-refractivity contribution in [3.05, 3.63) is 29.7 Å². The fourth-order valence-corrected chi connectivity index (χ4v) is 1.34. The van der Waals surface area contributed by atoms with E-state index in [0.29, 0.717) is 17.2 Å². The van der Waals surface area contributed by atoms with Crippen LogP contribution < -0.4 is 5.73 Å². The number of hydrogen-bond acceptors (Lipinski definition) is 4. The van der Waals surface area contributed by atoms with E-state index in [0.717, 1.165) is 0 Å². The molecule has 0 spiro atoms. The van der Waals surface area contributed by atoms with Crippen molar-refractivity contribution in [1.29, 1.82) is 0 Å². The Kier molecular flexibility index (Phi) is 1.81. The summed E-state index contributed by atoms with van der Waals surface area (Å²) in [6.45, 7) is 1.80. The van der Waals surface area contributed by atoms with E-state index in [1.807, 2.05) is 0 Å². The van der Waals surface area contributed by atoms with Gasteiger partial charge in [-0.15, -0.1) is 10.2 Å². The highest BCUT2D eigenvalue weighted by Crippen LogP contribution is 2.07. The van der Waals surface area contributed by atoms with Crippen molar-refractivity contribution in [2.45, 2.75) is 6.92 Å². The second-order valence-corrected chi connectivity index (χ2v) is 2.84. The van der Waals surface area contributed by atoms with Gasteiger partial charge < -0.3 is 10.9 Å². The first-order valence-electron chi connectivity index (χ1n) is 4.02. The molecule has 0 aliphatic carbocycles. The number of fused-ring (bicyclic) bond motifs is 1. The molecule has 6 nitrogen and oxygen atoms in total. The summed E-state index contributed by atoms with van der Waals surface area (Å²) in [7, 11) is 0. The maximum Gasteiger partial charge on any atom is 0.187 e. The predicted octanol–water partition coefficient (Wildman–Crippen LogP) is 0.132. The lowest BCUT2D eigenvalue weighted by Gasteiger charge is -2.02. The predicted molar refractivity (Wildman–Crippen MR) is 50.2 cm³/mol. The minimum absolute atomic E-state index is 0.0403. The van der Waals surface area contributed by atoms with Crippen molar-refractivity contribution >= 4 is 11.5 Å². The number of nitrogens with zero attached hydrogens (tertiary/aromatic N) is 4. The van der Waals surface area contributed by atoms with Gasteiger partial charge in [0.15, 0.2) is 11.5 Å². The molecule has 0 aliphatic rings. The summed E-state index contributed by atoms with van der Waals surface area (Å²) >= 11 is 0. The van der Waals surface area contributed by atoms with E-state index in [1.54, 1.807) is 29.5 Å². The van der Waals surface area contributed by atoms with Gasteiger partial charge >= 0.3 is 0 Å². The van der Waals surface area contributed by atoms with Gasteiger partial charge in [-0.3, -0.25) is 4.40 Å². The molecule has 0 aromatic carbocycles. The zero-order chi connectivity index (χ0) is 10.1. The Morgan fingerprint density at radius 2 is 2.29 bits per heavy atom. The molecule has 6 heteroatoms. The molecule has 2 rings (SSSR count). The fourth-order valence-electron chi connectivity index (χ4n) is 1.34. The van der Waals surface area contributed by atoms with Gasteiger partial charge in [-0.1, -0.05) is 11.2 Å². The lowest BCUT2D eigenvalue weighted by molar-refractivity contribution is 0.318. The number of hydrogen-bond donors (Lipinski definition) is 2. The molecule has 0 aliphatic heterocycles. The fraction of sp³-hybridized carbons (Fsp3) is 0.125. The first kappa shape index (κ1) is 8.49. The van der Waals surface area contributed by atoms with E-state index in [2.05, 4.69) is 15.4 Å². The number of aryl methyl sites for hydroxylation is 1. The van der Waals surface area contributed by atoms with E-state index in [1.165, 1.54) is 0 Å². The molecular formula is C8H9N5O. The van der Waals surface area contributed by atoms with Crippen LogP contribution >= 0.6 is 0 Å². The standard InChI is InChI=1S/C8H9N5O/c1-5-10-11-7-4-2-3-6(13(5)7)8(9)12-14/h2-4,14H,1H3,(H2,9,12). The normalized spacial score (nSPS) is 12.2. The van der Waals surface area contributed by atoms with Crippen LogP contribution in [0.15, 0.2) is 23.4 Å². The third kappa shape index (κ3) is 1.08. The lowest BCUT2D eigenvalue weighted by atomic mass is 10.3. The summed E-state index contributed by atoms with van der Waals surface area (Å²) in [4.78, 5) is 0. The molecule has 0 saturated carbocycles. The minimum atomic E-state index is 0.0403. The monoisotopic (exact) mass is 191 g/mol. The third-order valence-corrected chi connectivity index (χ3v) is 1.96. The smallest absolute Gasteiger partial charge is 0.187 e. The van der Waals surface area contributed by atoms with Crippen molar-refractivity contribution in [2.24, 2.45) is 10.9 Å². The summed E-state index contributed by atoms with van der Waals surface area (Å²) in [5.74, 6) is 0.737. The maximum absolute atomic E-state index is 8.58.